The van der Waals surface area contributed by atoms with Crippen LogP contribution in [0.2, 0.25) is 0 Å². The summed E-state index contributed by atoms with van der Waals surface area (Å²) < 4.78 is 22.7. The van der Waals surface area contributed by atoms with Crippen LogP contribution in [0.1, 0.15) is 74.2 Å². The lowest BCUT2D eigenvalue weighted by Gasteiger charge is -2.22. The summed E-state index contributed by atoms with van der Waals surface area (Å²) >= 11 is 0. The molecule has 0 aliphatic heterocycles. The lowest BCUT2D eigenvalue weighted by molar-refractivity contribution is -0.153. The Bertz CT molecular complexity index is 1760. The van der Waals surface area contributed by atoms with Crippen LogP contribution in [-0.2, 0) is 25.5 Å². The number of carbonyl (C=O) groups excluding carboxylic acids is 3. The zero-order valence-corrected chi connectivity index (χ0v) is 28.9. The molecule has 0 spiro atoms. The van der Waals surface area contributed by atoms with Crippen LogP contribution < -0.4 is 35.6 Å². The number of esters is 1. The van der Waals surface area contributed by atoms with Crippen LogP contribution in [0.4, 0.5) is 5.69 Å². The minimum absolute atomic E-state index is 0.0506. The molecular weight excluding hydrogens is 642 g/mol. The summed E-state index contributed by atoms with van der Waals surface area (Å²) in [5, 5.41) is 19.5. The lowest BCUT2D eigenvalue weighted by atomic mass is 9.95. The van der Waals surface area contributed by atoms with Crippen molar-refractivity contribution >= 4 is 23.5 Å². The number of ether oxygens (including phenoxy) is 4. The highest BCUT2D eigenvalue weighted by Crippen LogP contribution is 2.50. The Morgan fingerprint density at radius 3 is 2.30 bits per heavy atom. The molecule has 3 aromatic carbocycles. The summed E-state index contributed by atoms with van der Waals surface area (Å²) in [6.07, 6.45) is 2.92. The van der Waals surface area contributed by atoms with E-state index in [0.717, 1.165) is 36.8 Å². The predicted molar refractivity (Wildman–Crippen MR) is 187 cm³/mol. The van der Waals surface area contributed by atoms with Crippen molar-refractivity contribution in [3.63, 3.8) is 0 Å². The fourth-order valence-corrected chi connectivity index (χ4v) is 6.73. The number of fused-ring (bicyclic) bond motifs is 3. The van der Waals surface area contributed by atoms with Crippen molar-refractivity contribution in [3.8, 4) is 28.4 Å². The molecule has 0 saturated heterocycles. The lowest BCUT2D eigenvalue weighted by Crippen LogP contribution is -2.42. The number of anilines is 1. The molecule has 2 aliphatic carbocycles. The summed E-state index contributed by atoms with van der Waals surface area (Å²) in [5.74, 6) is -0.199. The molecule has 0 radical (unpaired) electrons. The van der Waals surface area contributed by atoms with E-state index in [9.17, 15) is 24.3 Å². The average Bonchev–Trinajstić information content (AvgIpc) is 3.52. The van der Waals surface area contributed by atoms with Crippen molar-refractivity contribution < 1.29 is 38.4 Å². The van der Waals surface area contributed by atoms with E-state index in [4.69, 9.17) is 18.9 Å². The van der Waals surface area contributed by atoms with Gasteiger partial charge in [-0.15, -0.1) is 0 Å². The van der Waals surface area contributed by atoms with Gasteiger partial charge in [0.25, 0.3) is 0 Å². The van der Waals surface area contributed by atoms with E-state index >= 15 is 0 Å². The Kier molecular flexibility index (Phi) is 12.0. The number of nitrogens with one attached hydrogen (secondary N) is 3. The number of aliphatic hydroxyl groups is 1. The first-order valence-electron chi connectivity index (χ1n) is 16.9. The number of benzene rings is 2. The molecule has 0 bridgehead atoms. The van der Waals surface area contributed by atoms with Crippen LogP contribution in [0.25, 0.3) is 11.1 Å². The zero-order valence-electron chi connectivity index (χ0n) is 28.9. The average molecular weight is 688 g/mol. The van der Waals surface area contributed by atoms with Gasteiger partial charge in [-0.25, -0.2) is 4.79 Å². The third-order valence-electron chi connectivity index (χ3n) is 9.19. The molecule has 2 aliphatic rings. The fraction of sp³-hybridized carbons (Fsp3) is 0.421. The summed E-state index contributed by atoms with van der Waals surface area (Å²) in [6, 6.07) is 14.0. The molecular formula is C38H45N3O9. The standard InChI is InChI=1S/C38H45N3O9/c1-22(42)40-28-16-14-24-20-32(47-2)35(48-3)36(49-4)33(24)26-15-17-29(31(44)21-27(26)28)39-19-18-30(43)37(45)41-34(23-10-6-5-7-11-23)38(46)50-25-12-8-9-13-25/h5-7,10-11,15,17,20-21,25,28,30,34,43H,8-9,12-14,16,18-19H2,1-4H3,(H,39,44)(H,40,42)(H,41,45)/t28-,30?,34-/m0/s1. The molecule has 3 atom stereocenters. The van der Waals surface area contributed by atoms with Crippen LogP contribution in [0, 0.1) is 0 Å². The second kappa shape index (κ2) is 16.5. The molecule has 1 unspecified atom stereocenters. The summed E-state index contributed by atoms with van der Waals surface area (Å²) in [7, 11) is 4.60. The van der Waals surface area contributed by atoms with E-state index in [1.54, 1.807) is 49.6 Å². The van der Waals surface area contributed by atoms with Crippen LogP contribution >= 0.6 is 0 Å². The van der Waals surface area contributed by atoms with E-state index in [1.807, 2.05) is 6.07 Å². The maximum Gasteiger partial charge on any atom is 0.333 e. The van der Waals surface area contributed by atoms with E-state index in [-0.39, 0.29) is 36.1 Å². The molecule has 5 rings (SSSR count). The van der Waals surface area contributed by atoms with Gasteiger partial charge in [0.1, 0.15) is 12.2 Å². The number of aryl methyl sites for hydroxylation is 1. The third kappa shape index (κ3) is 8.19. The van der Waals surface area contributed by atoms with Gasteiger partial charge in [0.05, 0.1) is 33.1 Å². The highest BCUT2D eigenvalue weighted by Gasteiger charge is 2.31. The number of methoxy groups -OCH3 is 3. The quantitative estimate of drug-likeness (QED) is 0.190. The van der Waals surface area contributed by atoms with E-state index in [2.05, 4.69) is 16.0 Å². The molecule has 4 N–H and O–H groups in total. The molecule has 50 heavy (non-hydrogen) atoms. The van der Waals surface area contributed by atoms with E-state index in [1.165, 1.54) is 27.2 Å². The Balaban J connectivity index is 1.36. The van der Waals surface area contributed by atoms with Crippen LogP contribution in [0.5, 0.6) is 17.2 Å². The van der Waals surface area contributed by atoms with E-state index in [0.29, 0.717) is 46.8 Å². The minimum atomic E-state index is -1.47. The van der Waals surface area contributed by atoms with Crippen LogP contribution in [0.15, 0.2) is 59.4 Å². The highest BCUT2D eigenvalue weighted by molar-refractivity contribution is 5.88. The van der Waals surface area contributed by atoms with Gasteiger partial charge >= 0.3 is 5.97 Å². The molecule has 0 heterocycles. The molecule has 2 amide bonds. The number of hydrogen-bond acceptors (Lipinski definition) is 10. The van der Waals surface area contributed by atoms with Crippen molar-refractivity contribution in [1.82, 2.24) is 10.6 Å². The fourth-order valence-electron chi connectivity index (χ4n) is 6.73. The maximum atomic E-state index is 13.6. The first kappa shape index (κ1) is 36.2. The van der Waals surface area contributed by atoms with Crippen LogP contribution in [0.3, 0.4) is 0 Å². The SMILES string of the molecule is COc1cc2c(c(OC)c1OC)-c1ccc(NCCC(O)C(=O)N[C@H](C(=O)OC3CCCC3)c3ccccc3)c(=O)cc1[C@@H](NC(C)=O)CC2. The second-order valence-corrected chi connectivity index (χ2v) is 12.5. The Morgan fingerprint density at radius 1 is 0.920 bits per heavy atom. The number of carbonyl (C=O) groups is 3. The number of aliphatic hydroxyl groups excluding tert-OH is 1. The Labute approximate surface area is 291 Å². The van der Waals surface area contributed by atoms with Gasteiger partial charge in [-0.3, -0.25) is 14.4 Å². The van der Waals surface area contributed by atoms with Gasteiger partial charge in [-0.1, -0.05) is 36.4 Å². The summed E-state index contributed by atoms with van der Waals surface area (Å²) in [6.45, 7) is 1.50. The molecule has 266 valence electrons. The topological polar surface area (TPSA) is 162 Å². The first-order chi connectivity index (χ1) is 24.1. The molecule has 1 fully saturated rings. The van der Waals surface area contributed by atoms with Gasteiger partial charge in [0, 0.05) is 19.0 Å². The van der Waals surface area contributed by atoms with Crippen molar-refractivity contribution in [2.24, 2.45) is 0 Å². The summed E-state index contributed by atoms with van der Waals surface area (Å²) in [4.78, 5) is 52.1. The van der Waals surface area contributed by atoms with E-state index < -0.39 is 30.1 Å². The number of rotatable bonds is 13. The van der Waals surface area contributed by atoms with Crippen molar-refractivity contribution in [3.05, 3.63) is 81.5 Å². The minimum Gasteiger partial charge on any atom is -0.493 e. The normalized spacial score (nSPS) is 16.5. The Hall–Kier alpha value is -5.10. The Morgan fingerprint density at radius 2 is 1.64 bits per heavy atom. The first-order valence-corrected chi connectivity index (χ1v) is 16.9. The maximum absolute atomic E-state index is 13.6. The monoisotopic (exact) mass is 687 g/mol. The van der Waals surface area contributed by atoms with Crippen molar-refractivity contribution in [2.75, 3.05) is 33.2 Å². The summed E-state index contributed by atoms with van der Waals surface area (Å²) in [5.41, 5.74) is 3.35. The van der Waals surface area contributed by atoms with Crippen LogP contribution in [-0.4, -0.2) is 63.0 Å². The van der Waals surface area contributed by atoms with Gasteiger partial charge in [-0.05, 0) is 85.4 Å². The second-order valence-electron chi connectivity index (χ2n) is 12.5. The molecule has 0 aromatic heterocycles. The smallest absolute Gasteiger partial charge is 0.333 e. The zero-order chi connectivity index (χ0) is 35.8. The molecule has 1 saturated carbocycles. The van der Waals surface area contributed by atoms with Gasteiger partial charge in [0.15, 0.2) is 17.5 Å². The van der Waals surface area contributed by atoms with Crippen molar-refractivity contribution in [2.45, 2.75) is 76.2 Å². The molecule has 12 nitrogen and oxygen atoms in total. The van der Waals surface area contributed by atoms with Gasteiger partial charge in [0.2, 0.25) is 23.0 Å². The van der Waals surface area contributed by atoms with Gasteiger partial charge in [-0.2, -0.15) is 0 Å². The molecule has 3 aromatic rings. The number of amides is 2. The highest BCUT2D eigenvalue weighted by atomic mass is 16.5. The van der Waals surface area contributed by atoms with Crippen molar-refractivity contribution in [1.29, 1.82) is 0 Å². The number of hydrogen-bond donors (Lipinski definition) is 4. The largest absolute Gasteiger partial charge is 0.493 e. The van der Waals surface area contributed by atoms with Gasteiger partial charge < -0.3 is 40.0 Å². The molecule has 12 heteroatoms. The predicted octanol–water partition coefficient (Wildman–Crippen LogP) is 4.37. The third-order valence-corrected chi connectivity index (χ3v) is 9.19.